The molecule has 53 heavy (non-hydrogen) atoms. The predicted octanol–water partition coefficient (Wildman–Crippen LogP) is 5.43. The Balaban J connectivity index is 1.72. The van der Waals surface area contributed by atoms with Gasteiger partial charge < -0.3 is 30.6 Å². The minimum absolute atomic E-state index is 0.0932. The second-order valence-corrected chi connectivity index (χ2v) is 15.0. The van der Waals surface area contributed by atoms with Gasteiger partial charge in [-0.2, -0.15) is 0 Å². The van der Waals surface area contributed by atoms with Crippen LogP contribution in [0.3, 0.4) is 0 Å². The minimum atomic E-state index is -0.962. The third-order valence-corrected chi connectivity index (χ3v) is 9.41. The highest BCUT2D eigenvalue weighted by molar-refractivity contribution is 9.10. The maximum Gasteiger partial charge on any atom is 0.307 e. The molecule has 0 bridgehead atoms. The van der Waals surface area contributed by atoms with E-state index in [0.717, 1.165) is 29.5 Å². The van der Waals surface area contributed by atoms with Crippen LogP contribution in [-0.4, -0.2) is 76.6 Å². The number of rotatable bonds is 19. The smallest absolute Gasteiger partial charge is 0.307 e. The van der Waals surface area contributed by atoms with Crippen LogP contribution in [0, 0.1) is 17.0 Å². The number of Topliss-reactive ketones (excluding diaryl/α,β-unsaturated/α-hetero) is 1. The van der Waals surface area contributed by atoms with Gasteiger partial charge >= 0.3 is 5.97 Å². The van der Waals surface area contributed by atoms with Gasteiger partial charge in [-0.25, -0.2) is 8.78 Å². The van der Waals surface area contributed by atoms with E-state index in [0.29, 0.717) is 18.5 Å². The number of ether oxygens (including phenoxy) is 1. The van der Waals surface area contributed by atoms with E-state index in [1.807, 2.05) is 55.7 Å². The van der Waals surface area contributed by atoms with Crippen molar-refractivity contribution in [2.45, 2.75) is 83.3 Å². The van der Waals surface area contributed by atoms with E-state index in [1.54, 1.807) is 24.1 Å². The number of nitrogens with zero attached hydrogens (tertiary/aromatic N) is 2. The molecule has 11 nitrogen and oxygen atoms in total. The van der Waals surface area contributed by atoms with Crippen molar-refractivity contribution in [1.29, 1.82) is 0 Å². The number of nitrogens with two attached hydrogens (primary N) is 1. The molecule has 1 aromatic heterocycles. The summed E-state index contributed by atoms with van der Waals surface area (Å²) in [5.41, 5.74) is 8.04. The van der Waals surface area contributed by atoms with Crippen molar-refractivity contribution in [2.75, 3.05) is 26.7 Å². The Morgan fingerprint density at radius 3 is 2.34 bits per heavy atom. The van der Waals surface area contributed by atoms with E-state index in [2.05, 4.69) is 31.3 Å². The quantitative estimate of drug-likeness (QED) is 0.0831. The molecule has 0 aliphatic carbocycles. The molecule has 0 spiro atoms. The lowest BCUT2D eigenvalue weighted by atomic mass is 9.82. The summed E-state index contributed by atoms with van der Waals surface area (Å²) in [5.74, 6) is -3.08. The molecule has 0 saturated heterocycles. The highest BCUT2D eigenvalue weighted by atomic mass is 79.9. The molecule has 0 saturated carbocycles. The number of methoxy groups -OCH3 is 1. The fraction of sp³-hybridized carbons (Fsp3) is 0.462. The van der Waals surface area contributed by atoms with Gasteiger partial charge in [-0.15, -0.1) is 0 Å². The SMILES string of the molecule is CCC(=O)N(CC[C@H](N)C(=O)NCCCC(=O)CNC(=O)[C@@H](Br)CC(=O)OC)[C@@H](c1cc(-c2cc(F)ccc2F)cn1Cc1ccccc1)C(C)(C)C. The third kappa shape index (κ3) is 12.9. The molecule has 0 radical (unpaired) electrons. The van der Waals surface area contributed by atoms with Crippen LogP contribution >= 0.6 is 15.9 Å². The van der Waals surface area contributed by atoms with Crippen molar-refractivity contribution >= 4 is 45.4 Å². The highest BCUT2D eigenvalue weighted by Gasteiger charge is 2.37. The number of alkyl halides is 1. The number of hydrogen-bond donors (Lipinski definition) is 3. The molecule has 0 aliphatic rings. The summed E-state index contributed by atoms with van der Waals surface area (Å²) < 4.78 is 35.8. The number of amides is 3. The number of carbonyl (C=O) groups is 5. The van der Waals surface area contributed by atoms with Crippen LogP contribution in [0.4, 0.5) is 8.78 Å². The number of esters is 1. The average Bonchev–Trinajstić information content (AvgIpc) is 3.52. The molecule has 3 amide bonds. The normalized spacial score (nSPS) is 13.1. The van der Waals surface area contributed by atoms with E-state index < -0.39 is 51.7 Å². The first-order valence-corrected chi connectivity index (χ1v) is 18.5. The Labute approximate surface area is 318 Å². The van der Waals surface area contributed by atoms with Crippen molar-refractivity contribution in [3.05, 3.63) is 83.7 Å². The molecule has 3 atom stereocenters. The van der Waals surface area contributed by atoms with E-state index in [4.69, 9.17) is 5.73 Å². The summed E-state index contributed by atoms with van der Waals surface area (Å²) in [7, 11) is 1.21. The lowest BCUT2D eigenvalue weighted by Gasteiger charge is -2.41. The average molecular weight is 803 g/mol. The number of halogens is 3. The summed E-state index contributed by atoms with van der Waals surface area (Å²) in [4.78, 5) is 63.2. The van der Waals surface area contributed by atoms with Crippen molar-refractivity contribution < 1.29 is 37.5 Å². The van der Waals surface area contributed by atoms with Crippen LogP contribution in [0.25, 0.3) is 11.1 Å². The van der Waals surface area contributed by atoms with E-state index in [1.165, 1.54) is 7.11 Å². The van der Waals surface area contributed by atoms with Crippen LogP contribution in [-0.2, 0) is 35.3 Å². The molecule has 1 heterocycles. The van der Waals surface area contributed by atoms with Gasteiger partial charge in [0.25, 0.3) is 0 Å². The Morgan fingerprint density at radius 2 is 1.70 bits per heavy atom. The number of benzene rings is 2. The van der Waals surface area contributed by atoms with Crippen LogP contribution < -0.4 is 16.4 Å². The lowest BCUT2D eigenvalue weighted by molar-refractivity contribution is -0.141. The molecular weight excluding hydrogens is 752 g/mol. The number of nitrogens with one attached hydrogen (secondary N) is 2. The third-order valence-electron chi connectivity index (χ3n) is 8.67. The molecule has 3 rings (SSSR count). The maximum atomic E-state index is 15.0. The molecule has 0 unspecified atom stereocenters. The van der Waals surface area contributed by atoms with Gasteiger partial charge in [0.05, 0.1) is 32.2 Å². The van der Waals surface area contributed by atoms with E-state index in [9.17, 15) is 28.4 Å². The first kappa shape index (κ1) is 43.0. The Bertz CT molecular complexity index is 1730. The maximum absolute atomic E-state index is 15.0. The summed E-state index contributed by atoms with van der Waals surface area (Å²) in [5, 5.41) is 5.20. The van der Waals surface area contributed by atoms with Crippen LogP contribution in [0.1, 0.15) is 77.1 Å². The highest BCUT2D eigenvalue weighted by Crippen LogP contribution is 2.41. The molecule has 2 aromatic carbocycles. The number of ketones is 1. The van der Waals surface area contributed by atoms with Gasteiger partial charge in [0.15, 0.2) is 5.78 Å². The van der Waals surface area contributed by atoms with Crippen molar-refractivity contribution in [3.8, 4) is 11.1 Å². The molecular formula is C39H50BrF2N5O6. The van der Waals surface area contributed by atoms with Gasteiger partial charge in [-0.1, -0.05) is 74.0 Å². The second kappa shape index (κ2) is 20.1. The fourth-order valence-electron chi connectivity index (χ4n) is 5.96. The summed E-state index contributed by atoms with van der Waals surface area (Å²) in [6.07, 6.45) is 2.33. The first-order chi connectivity index (χ1) is 25.0. The van der Waals surface area contributed by atoms with E-state index in [-0.39, 0.29) is 62.6 Å². The predicted molar refractivity (Wildman–Crippen MR) is 202 cm³/mol. The standard InChI is InChI=1S/C39H50BrF2N5O6/c1-6-34(49)47(18-16-32(43)38(52)44-17-10-13-28(48)22-45-37(51)30(40)21-35(50)53-5)36(39(2,3)4)33-19-26(29-20-27(41)14-15-31(29)42)24-46(33)23-25-11-8-7-9-12-25/h7-9,11-12,14-15,19-20,24,30,32,36H,6,10,13,16-18,21-23,43H2,1-5H3,(H,44,52)(H,45,51)/t30-,32-,36-/m0/s1. The zero-order valence-electron chi connectivity index (χ0n) is 30.9. The molecule has 4 N–H and O–H groups in total. The van der Waals surface area contributed by atoms with Crippen LogP contribution in [0.2, 0.25) is 0 Å². The summed E-state index contributed by atoms with van der Waals surface area (Å²) >= 11 is 3.09. The minimum Gasteiger partial charge on any atom is -0.469 e. The van der Waals surface area contributed by atoms with Crippen LogP contribution in [0.15, 0.2) is 60.8 Å². The number of hydrogen-bond acceptors (Lipinski definition) is 7. The van der Waals surface area contributed by atoms with Crippen molar-refractivity contribution in [2.24, 2.45) is 11.1 Å². The van der Waals surface area contributed by atoms with E-state index >= 15 is 4.39 Å². The number of aromatic nitrogens is 1. The van der Waals surface area contributed by atoms with Crippen LogP contribution in [0.5, 0.6) is 0 Å². The fourth-order valence-corrected chi connectivity index (χ4v) is 6.38. The monoisotopic (exact) mass is 801 g/mol. The largest absolute Gasteiger partial charge is 0.469 e. The zero-order chi connectivity index (χ0) is 39.3. The van der Waals surface area contributed by atoms with Crippen molar-refractivity contribution in [1.82, 2.24) is 20.1 Å². The Morgan fingerprint density at radius 1 is 1.00 bits per heavy atom. The van der Waals surface area contributed by atoms with Gasteiger partial charge in [0.2, 0.25) is 17.7 Å². The Hall–Kier alpha value is -4.43. The van der Waals surface area contributed by atoms with Crippen molar-refractivity contribution in [3.63, 3.8) is 0 Å². The topological polar surface area (TPSA) is 153 Å². The van der Waals surface area contributed by atoms with Gasteiger partial charge in [0, 0.05) is 55.5 Å². The molecule has 288 valence electrons. The molecule has 0 aliphatic heterocycles. The summed E-state index contributed by atoms with van der Waals surface area (Å²) in [6, 6.07) is 13.3. The molecule has 3 aromatic rings. The van der Waals surface area contributed by atoms with Gasteiger partial charge in [-0.3, -0.25) is 24.0 Å². The zero-order valence-corrected chi connectivity index (χ0v) is 32.5. The molecule has 14 heteroatoms. The first-order valence-electron chi connectivity index (χ1n) is 17.6. The van der Waals surface area contributed by atoms with Gasteiger partial charge in [0.1, 0.15) is 16.5 Å². The Kier molecular flexibility index (Phi) is 16.3. The summed E-state index contributed by atoms with van der Waals surface area (Å²) in [6.45, 7) is 8.25. The van der Waals surface area contributed by atoms with Gasteiger partial charge in [-0.05, 0) is 48.1 Å². The number of carbonyl (C=O) groups excluding carboxylic acids is 5. The molecule has 0 fully saturated rings. The second-order valence-electron chi connectivity index (χ2n) is 13.9. The lowest BCUT2D eigenvalue weighted by Crippen LogP contribution is -2.47.